The summed E-state index contributed by atoms with van der Waals surface area (Å²) >= 11 is 19.8. The van der Waals surface area contributed by atoms with Crippen LogP contribution in [0.4, 0.5) is 5.00 Å². The van der Waals surface area contributed by atoms with Gasteiger partial charge in [0.1, 0.15) is 16.7 Å². The number of nitrogens with one attached hydrogen (secondary N) is 2. The average molecular weight is 512 g/mol. The molecule has 0 aliphatic rings. The SMILES string of the molecule is CCOC(=O)c1c(-c2ccccc2)csc1NC(NC(=O)c1ccccc1C)C(Cl)(Cl)Cl. The van der Waals surface area contributed by atoms with Crippen molar-refractivity contribution in [1.82, 2.24) is 5.32 Å². The highest BCUT2D eigenvalue weighted by molar-refractivity contribution is 7.15. The fraction of sp³-hybridized carbons (Fsp3) is 0.217. The zero-order valence-electron chi connectivity index (χ0n) is 17.3. The summed E-state index contributed by atoms with van der Waals surface area (Å²) in [5, 5.41) is 7.99. The zero-order valence-corrected chi connectivity index (χ0v) is 20.4. The lowest BCUT2D eigenvalue weighted by atomic mass is 10.0. The molecule has 32 heavy (non-hydrogen) atoms. The van der Waals surface area contributed by atoms with Crippen molar-refractivity contribution in [3.05, 3.63) is 76.7 Å². The predicted octanol–water partition coefficient (Wildman–Crippen LogP) is 6.44. The molecule has 0 saturated carbocycles. The average Bonchev–Trinajstić information content (AvgIpc) is 3.17. The van der Waals surface area contributed by atoms with E-state index in [1.165, 1.54) is 11.3 Å². The van der Waals surface area contributed by atoms with E-state index in [9.17, 15) is 9.59 Å². The Hall–Kier alpha value is -2.25. The number of esters is 1. The van der Waals surface area contributed by atoms with Crippen LogP contribution in [0.1, 0.15) is 33.2 Å². The first-order valence-electron chi connectivity index (χ1n) is 9.76. The molecule has 0 spiro atoms. The van der Waals surface area contributed by atoms with Gasteiger partial charge in [-0.15, -0.1) is 11.3 Å². The molecule has 168 valence electrons. The van der Waals surface area contributed by atoms with Crippen LogP contribution in [-0.2, 0) is 4.74 Å². The number of ether oxygens (including phenoxy) is 1. The molecule has 2 aromatic carbocycles. The van der Waals surface area contributed by atoms with Gasteiger partial charge in [-0.1, -0.05) is 83.3 Å². The van der Waals surface area contributed by atoms with E-state index >= 15 is 0 Å². The molecular weight excluding hydrogens is 491 g/mol. The Bertz CT molecular complexity index is 1100. The van der Waals surface area contributed by atoms with Gasteiger partial charge >= 0.3 is 5.97 Å². The summed E-state index contributed by atoms with van der Waals surface area (Å²) in [6, 6.07) is 16.5. The molecule has 5 nitrogen and oxygen atoms in total. The molecule has 3 aromatic rings. The molecule has 1 heterocycles. The summed E-state index contributed by atoms with van der Waals surface area (Å²) in [5.74, 6) is -0.923. The minimum absolute atomic E-state index is 0.209. The fourth-order valence-corrected chi connectivity index (χ4v) is 4.38. The Morgan fingerprint density at radius 3 is 2.34 bits per heavy atom. The van der Waals surface area contributed by atoms with Crippen LogP contribution >= 0.6 is 46.1 Å². The summed E-state index contributed by atoms with van der Waals surface area (Å²) in [6.07, 6.45) is -1.12. The van der Waals surface area contributed by atoms with E-state index < -0.39 is 21.8 Å². The molecule has 1 amide bonds. The molecular formula is C23H21Cl3N2O3S. The monoisotopic (exact) mass is 510 g/mol. The van der Waals surface area contributed by atoms with Crippen molar-refractivity contribution in [2.75, 3.05) is 11.9 Å². The molecule has 3 rings (SSSR count). The number of anilines is 1. The number of carbonyl (C=O) groups excluding carboxylic acids is 2. The van der Waals surface area contributed by atoms with E-state index in [-0.39, 0.29) is 6.61 Å². The Kier molecular flexibility index (Phi) is 8.06. The van der Waals surface area contributed by atoms with Crippen molar-refractivity contribution in [1.29, 1.82) is 0 Å². The van der Waals surface area contributed by atoms with E-state index in [1.807, 2.05) is 54.8 Å². The van der Waals surface area contributed by atoms with Crippen molar-refractivity contribution >= 4 is 63.0 Å². The predicted molar refractivity (Wildman–Crippen MR) is 132 cm³/mol. The van der Waals surface area contributed by atoms with E-state index in [0.29, 0.717) is 21.7 Å². The van der Waals surface area contributed by atoms with Gasteiger partial charge in [0, 0.05) is 16.5 Å². The van der Waals surface area contributed by atoms with Gasteiger partial charge in [-0.3, -0.25) is 4.79 Å². The molecule has 0 radical (unpaired) electrons. The van der Waals surface area contributed by atoms with Crippen LogP contribution in [0.5, 0.6) is 0 Å². The van der Waals surface area contributed by atoms with Crippen molar-refractivity contribution in [2.45, 2.75) is 23.8 Å². The number of alkyl halides is 3. The van der Waals surface area contributed by atoms with Crippen molar-refractivity contribution in [2.24, 2.45) is 0 Å². The van der Waals surface area contributed by atoms with Crippen LogP contribution in [0.25, 0.3) is 11.1 Å². The number of hydrogen-bond donors (Lipinski definition) is 2. The van der Waals surface area contributed by atoms with Crippen molar-refractivity contribution in [3.8, 4) is 11.1 Å². The smallest absolute Gasteiger partial charge is 0.341 e. The normalized spacial score (nSPS) is 12.2. The van der Waals surface area contributed by atoms with E-state index in [4.69, 9.17) is 39.5 Å². The van der Waals surface area contributed by atoms with Crippen molar-refractivity contribution in [3.63, 3.8) is 0 Å². The van der Waals surface area contributed by atoms with Crippen molar-refractivity contribution < 1.29 is 14.3 Å². The Balaban J connectivity index is 1.96. The Morgan fingerprint density at radius 2 is 1.72 bits per heavy atom. The Morgan fingerprint density at radius 1 is 1.06 bits per heavy atom. The maximum atomic E-state index is 12.8. The lowest BCUT2D eigenvalue weighted by molar-refractivity contribution is 0.0529. The highest BCUT2D eigenvalue weighted by Crippen LogP contribution is 2.39. The van der Waals surface area contributed by atoms with Gasteiger partial charge in [0.25, 0.3) is 5.91 Å². The molecule has 9 heteroatoms. The second-order valence-corrected chi connectivity index (χ2v) is 10.1. The van der Waals surface area contributed by atoms with Crippen LogP contribution in [0.3, 0.4) is 0 Å². The van der Waals surface area contributed by atoms with E-state index in [2.05, 4.69) is 10.6 Å². The quantitative estimate of drug-likeness (QED) is 0.218. The maximum Gasteiger partial charge on any atom is 0.341 e. The first-order valence-corrected chi connectivity index (χ1v) is 11.8. The highest BCUT2D eigenvalue weighted by Gasteiger charge is 2.36. The maximum absolute atomic E-state index is 12.8. The lowest BCUT2D eigenvalue weighted by Gasteiger charge is -2.27. The number of rotatable bonds is 7. The number of hydrogen-bond acceptors (Lipinski definition) is 5. The lowest BCUT2D eigenvalue weighted by Crippen LogP contribution is -2.49. The first-order chi connectivity index (χ1) is 15.2. The first kappa shape index (κ1) is 24.4. The summed E-state index contributed by atoms with van der Waals surface area (Å²) in [5.41, 5.74) is 3.07. The van der Waals surface area contributed by atoms with Crippen LogP contribution < -0.4 is 10.6 Å². The topological polar surface area (TPSA) is 67.4 Å². The molecule has 0 fully saturated rings. The number of amides is 1. The summed E-state index contributed by atoms with van der Waals surface area (Å²) < 4.78 is 3.36. The molecule has 0 aliphatic heterocycles. The van der Waals surface area contributed by atoms with Crippen LogP contribution in [0.15, 0.2) is 60.0 Å². The molecule has 0 bridgehead atoms. The van der Waals surface area contributed by atoms with E-state index in [0.717, 1.165) is 11.1 Å². The van der Waals surface area contributed by atoms with Crippen LogP contribution in [-0.4, -0.2) is 28.4 Å². The van der Waals surface area contributed by atoms with Gasteiger partial charge in [-0.25, -0.2) is 4.79 Å². The number of thiophene rings is 1. The van der Waals surface area contributed by atoms with Gasteiger partial charge < -0.3 is 15.4 Å². The van der Waals surface area contributed by atoms with Crippen LogP contribution in [0, 0.1) is 6.92 Å². The van der Waals surface area contributed by atoms with E-state index in [1.54, 1.807) is 19.1 Å². The van der Waals surface area contributed by atoms with Gasteiger partial charge in [-0.05, 0) is 31.0 Å². The molecule has 0 aliphatic carbocycles. The fourth-order valence-electron chi connectivity index (χ4n) is 3.07. The summed E-state index contributed by atoms with van der Waals surface area (Å²) in [4.78, 5) is 25.6. The molecule has 0 saturated heterocycles. The summed E-state index contributed by atoms with van der Waals surface area (Å²) in [7, 11) is 0. The van der Waals surface area contributed by atoms with Gasteiger partial charge in [0.2, 0.25) is 3.79 Å². The zero-order chi connectivity index (χ0) is 23.3. The van der Waals surface area contributed by atoms with Crippen LogP contribution in [0.2, 0.25) is 0 Å². The third-order valence-electron chi connectivity index (χ3n) is 4.62. The van der Waals surface area contributed by atoms with Gasteiger partial charge in [0.15, 0.2) is 0 Å². The third kappa shape index (κ3) is 5.75. The van der Waals surface area contributed by atoms with Gasteiger partial charge in [0.05, 0.1) is 6.61 Å². The minimum Gasteiger partial charge on any atom is -0.462 e. The summed E-state index contributed by atoms with van der Waals surface area (Å²) in [6.45, 7) is 3.75. The number of carbonyl (C=O) groups is 2. The Labute approximate surface area is 205 Å². The molecule has 2 N–H and O–H groups in total. The number of benzene rings is 2. The molecule has 1 unspecified atom stereocenters. The third-order valence-corrected chi connectivity index (χ3v) is 6.19. The van der Waals surface area contributed by atoms with Gasteiger partial charge in [-0.2, -0.15) is 0 Å². The number of halogens is 3. The standard InChI is InChI=1S/C23H21Cl3N2O3S/c1-3-31-21(30)18-17(15-10-5-4-6-11-15)13-32-20(18)28-22(23(24,25)26)27-19(29)16-12-8-7-9-14(16)2/h4-13,22,28H,3H2,1-2H3,(H,27,29). The minimum atomic E-state index is -1.90. The second kappa shape index (κ2) is 10.6. The largest absolute Gasteiger partial charge is 0.462 e. The second-order valence-electron chi connectivity index (χ2n) is 6.85. The molecule has 1 atom stereocenters. The highest BCUT2D eigenvalue weighted by atomic mass is 35.6. The number of aryl methyl sites for hydroxylation is 1. The molecule has 1 aromatic heterocycles.